The van der Waals surface area contributed by atoms with Crippen LogP contribution in [0.3, 0.4) is 0 Å². The van der Waals surface area contributed by atoms with Crippen LogP contribution in [0.4, 0.5) is 0 Å². The van der Waals surface area contributed by atoms with Crippen molar-refractivity contribution in [2.45, 2.75) is 6.42 Å². The molecule has 0 spiro atoms. The SMILES string of the molecule is O=C(O)CC1=C[n+]2ccc(-c3cccc4c3OCCO4)cc21. The number of aromatic nitrogens is 1. The molecule has 0 aliphatic carbocycles. The fraction of sp³-hybridized carbons (Fsp3) is 0.176. The number of nitrogens with zero attached hydrogens (tertiary/aromatic N) is 1. The number of rotatable bonds is 3. The van der Waals surface area contributed by atoms with E-state index in [1.165, 1.54) is 0 Å². The molecule has 3 heterocycles. The number of carbonyl (C=O) groups is 1. The minimum atomic E-state index is -0.822. The summed E-state index contributed by atoms with van der Waals surface area (Å²) in [4.78, 5) is 10.9. The van der Waals surface area contributed by atoms with E-state index in [0.29, 0.717) is 13.2 Å². The van der Waals surface area contributed by atoms with Crippen LogP contribution in [-0.4, -0.2) is 24.3 Å². The van der Waals surface area contributed by atoms with Crippen molar-refractivity contribution in [2.75, 3.05) is 13.2 Å². The molecule has 0 saturated heterocycles. The maximum atomic E-state index is 10.9. The molecule has 1 aromatic heterocycles. The topological polar surface area (TPSA) is 59.6 Å². The van der Waals surface area contributed by atoms with Crippen LogP contribution in [0.25, 0.3) is 22.9 Å². The number of hydrogen-bond donors (Lipinski definition) is 1. The molecule has 2 aliphatic heterocycles. The maximum absolute atomic E-state index is 10.9. The lowest BCUT2D eigenvalue weighted by Crippen LogP contribution is -2.39. The van der Waals surface area contributed by atoms with Gasteiger partial charge in [-0.15, -0.1) is 0 Å². The van der Waals surface area contributed by atoms with Crippen molar-refractivity contribution >= 4 is 17.7 Å². The molecule has 0 unspecified atom stereocenters. The lowest BCUT2D eigenvalue weighted by molar-refractivity contribution is -0.583. The summed E-state index contributed by atoms with van der Waals surface area (Å²) in [5.74, 6) is 0.680. The molecule has 0 radical (unpaired) electrons. The number of pyridine rings is 1. The number of hydrogen-bond acceptors (Lipinski definition) is 3. The summed E-state index contributed by atoms with van der Waals surface area (Å²) >= 11 is 0. The normalized spacial score (nSPS) is 14.6. The van der Waals surface area contributed by atoms with Crippen molar-refractivity contribution in [1.29, 1.82) is 0 Å². The van der Waals surface area contributed by atoms with E-state index in [0.717, 1.165) is 33.9 Å². The number of fused-ring (bicyclic) bond motifs is 2. The number of ether oxygens (including phenoxy) is 2. The van der Waals surface area contributed by atoms with Gasteiger partial charge in [0.05, 0.1) is 12.0 Å². The predicted octanol–water partition coefficient (Wildman–Crippen LogP) is 2.20. The first-order valence-corrected chi connectivity index (χ1v) is 7.09. The Hall–Kier alpha value is -2.82. The third-order valence-corrected chi connectivity index (χ3v) is 3.83. The Morgan fingerprint density at radius 3 is 2.95 bits per heavy atom. The summed E-state index contributed by atoms with van der Waals surface area (Å²) in [7, 11) is 0. The Labute approximate surface area is 127 Å². The molecule has 0 fully saturated rings. The zero-order chi connectivity index (χ0) is 15.1. The number of carboxylic acids is 1. The van der Waals surface area contributed by atoms with Crippen LogP contribution in [0.5, 0.6) is 11.5 Å². The third-order valence-electron chi connectivity index (χ3n) is 3.83. The van der Waals surface area contributed by atoms with E-state index < -0.39 is 5.97 Å². The van der Waals surface area contributed by atoms with Gasteiger partial charge in [0.25, 0.3) is 0 Å². The van der Waals surface area contributed by atoms with Crippen LogP contribution in [0.2, 0.25) is 0 Å². The first-order valence-electron chi connectivity index (χ1n) is 7.09. The molecule has 1 aromatic carbocycles. The molecule has 110 valence electrons. The van der Waals surface area contributed by atoms with Gasteiger partial charge < -0.3 is 14.6 Å². The first-order chi connectivity index (χ1) is 10.7. The highest BCUT2D eigenvalue weighted by molar-refractivity contribution is 5.89. The summed E-state index contributed by atoms with van der Waals surface area (Å²) in [5, 5.41) is 8.93. The smallest absolute Gasteiger partial charge is 0.308 e. The predicted molar refractivity (Wildman–Crippen MR) is 79.5 cm³/mol. The molecule has 0 bridgehead atoms. The first kappa shape index (κ1) is 12.9. The number of aliphatic carboxylic acids is 1. The molecule has 0 atom stereocenters. The van der Waals surface area contributed by atoms with Crippen molar-refractivity contribution in [3.05, 3.63) is 42.2 Å². The van der Waals surface area contributed by atoms with Gasteiger partial charge in [0, 0.05) is 17.7 Å². The molecule has 22 heavy (non-hydrogen) atoms. The Morgan fingerprint density at radius 1 is 1.23 bits per heavy atom. The second-order valence-electron chi connectivity index (χ2n) is 5.26. The minimum Gasteiger partial charge on any atom is -0.486 e. The van der Waals surface area contributed by atoms with Crippen LogP contribution >= 0.6 is 0 Å². The van der Waals surface area contributed by atoms with Crippen molar-refractivity contribution in [3.63, 3.8) is 0 Å². The van der Waals surface area contributed by atoms with Crippen molar-refractivity contribution in [3.8, 4) is 22.6 Å². The second-order valence-corrected chi connectivity index (χ2v) is 5.26. The summed E-state index contributed by atoms with van der Waals surface area (Å²) in [6.45, 7) is 1.09. The fourth-order valence-corrected chi connectivity index (χ4v) is 2.82. The number of benzene rings is 1. The van der Waals surface area contributed by atoms with Gasteiger partial charge in [-0.3, -0.25) is 4.79 Å². The Bertz CT molecular complexity index is 810. The van der Waals surface area contributed by atoms with E-state index in [2.05, 4.69) is 0 Å². The average Bonchev–Trinajstić information content (AvgIpc) is 2.52. The molecule has 5 heteroatoms. The Kier molecular flexibility index (Phi) is 2.85. The summed E-state index contributed by atoms with van der Waals surface area (Å²) in [5.41, 5.74) is 3.71. The fourth-order valence-electron chi connectivity index (χ4n) is 2.82. The van der Waals surface area contributed by atoms with Crippen molar-refractivity contribution < 1.29 is 23.9 Å². The van der Waals surface area contributed by atoms with Gasteiger partial charge in [-0.25, -0.2) is 0 Å². The zero-order valence-electron chi connectivity index (χ0n) is 11.8. The minimum absolute atomic E-state index is 0.0377. The van der Waals surface area contributed by atoms with Crippen LogP contribution in [-0.2, 0) is 4.79 Å². The molecule has 4 rings (SSSR count). The molecular formula is C17H14NO4+. The average molecular weight is 296 g/mol. The molecule has 1 N–H and O–H groups in total. The lowest BCUT2D eigenvalue weighted by Gasteiger charge is -2.21. The van der Waals surface area contributed by atoms with Gasteiger partial charge in [-0.05, 0) is 11.6 Å². The van der Waals surface area contributed by atoms with Crippen LogP contribution in [0, 0.1) is 0 Å². The zero-order valence-corrected chi connectivity index (χ0v) is 11.8. The molecule has 5 nitrogen and oxygen atoms in total. The van der Waals surface area contributed by atoms with E-state index in [4.69, 9.17) is 14.6 Å². The number of para-hydroxylation sites is 1. The van der Waals surface area contributed by atoms with Crippen molar-refractivity contribution in [2.24, 2.45) is 0 Å². The quantitative estimate of drug-likeness (QED) is 0.882. The van der Waals surface area contributed by atoms with Gasteiger partial charge in [0.1, 0.15) is 13.2 Å². The highest BCUT2D eigenvalue weighted by Gasteiger charge is 2.29. The maximum Gasteiger partial charge on any atom is 0.308 e. The monoisotopic (exact) mass is 296 g/mol. The van der Waals surface area contributed by atoms with Gasteiger partial charge in [0.15, 0.2) is 23.9 Å². The molecule has 2 aliphatic rings. The van der Waals surface area contributed by atoms with E-state index in [1.807, 2.05) is 47.3 Å². The summed E-state index contributed by atoms with van der Waals surface area (Å²) in [6.07, 6.45) is 3.81. The Balaban J connectivity index is 1.74. The summed E-state index contributed by atoms with van der Waals surface area (Å²) < 4.78 is 13.3. The van der Waals surface area contributed by atoms with Gasteiger partial charge >= 0.3 is 5.97 Å². The highest BCUT2D eigenvalue weighted by Crippen LogP contribution is 2.40. The molecule has 0 saturated carbocycles. The Morgan fingerprint density at radius 2 is 2.09 bits per heavy atom. The standard InChI is InChI=1S/C17H13NO4/c19-16(20)9-12-10-18-5-4-11(8-14(12)18)13-2-1-3-15-17(13)22-7-6-21-15/h1-5,8,10H,6-7,9H2/p+1. The number of carboxylic acid groups (broad SMARTS) is 1. The largest absolute Gasteiger partial charge is 0.486 e. The highest BCUT2D eigenvalue weighted by atomic mass is 16.6. The van der Waals surface area contributed by atoms with Gasteiger partial charge in [0.2, 0.25) is 5.69 Å². The van der Waals surface area contributed by atoms with E-state index in [1.54, 1.807) is 0 Å². The van der Waals surface area contributed by atoms with Crippen LogP contribution in [0.1, 0.15) is 12.1 Å². The van der Waals surface area contributed by atoms with Gasteiger partial charge in [-0.1, -0.05) is 12.1 Å². The summed E-state index contributed by atoms with van der Waals surface area (Å²) in [6, 6.07) is 9.79. The lowest BCUT2D eigenvalue weighted by atomic mass is 9.98. The molecule has 0 amide bonds. The van der Waals surface area contributed by atoms with E-state index >= 15 is 0 Å². The van der Waals surface area contributed by atoms with Crippen molar-refractivity contribution in [1.82, 2.24) is 0 Å². The van der Waals surface area contributed by atoms with Gasteiger partial charge in [-0.2, -0.15) is 4.57 Å². The molecular weight excluding hydrogens is 282 g/mol. The molecule has 2 aromatic rings. The second kappa shape index (κ2) is 4.87. The van der Waals surface area contributed by atoms with E-state index in [9.17, 15) is 4.79 Å². The van der Waals surface area contributed by atoms with E-state index in [-0.39, 0.29) is 6.42 Å². The third kappa shape index (κ3) is 2.02. The van der Waals surface area contributed by atoms with Crippen LogP contribution in [0.15, 0.2) is 36.5 Å². The van der Waals surface area contributed by atoms with Crippen LogP contribution < -0.4 is 14.0 Å².